The first-order chi connectivity index (χ1) is 9.08. The maximum absolute atomic E-state index is 12.5. The van der Waals surface area contributed by atoms with E-state index in [4.69, 9.17) is 0 Å². The van der Waals surface area contributed by atoms with E-state index in [2.05, 4.69) is 16.1 Å². The maximum Gasteiger partial charge on any atom is 0.244 e. The second kappa shape index (κ2) is 6.49. The van der Waals surface area contributed by atoms with Gasteiger partial charge in [0, 0.05) is 12.1 Å². The van der Waals surface area contributed by atoms with Gasteiger partial charge < -0.3 is 0 Å². The van der Waals surface area contributed by atoms with E-state index in [0.717, 1.165) is 18.7 Å². The van der Waals surface area contributed by atoms with Crippen LogP contribution in [0, 0.1) is 13.8 Å². The van der Waals surface area contributed by atoms with Crippen LogP contribution in [0.1, 0.15) is 38.6 Å². The highest BCUT2D eigenvalue weighted by Crippen LogP contribution is 2.21. The summed E-state index contributed by atoms with van der Waals surface area (Å²) in [6.07, 6.45) is 3.04. The molecule has 0 spiro atoms. The van der Waals surface area contributed by atoms with Gasteiger partial charge in [0.1, 0.15) is 4.90 Å². The Morgan fingerprint density at radius 3 is 2.40 bits per heavy atom. The van der Waals surface area contributed by atoms with E-state index < -0.39 is 15.6 Å². The van der Waals surface area contributed by atoms with Gasteiger partial charge in [-0.1, -0.05) is 0 Å². The zero-order valence-electron chi connectivity index (χ0n) is 13.1. The predicted molar refractivity (Wildman–Crippen MR) is 84.8 cm³/mol. The Morgan fingerprint density at radius 1 is 1.30 bits per heavy atom. The molecule has 0 aliphatic rings. The van der Waals surface area contributed by atoms with Crippen molar-refractivity contribution >= 4 is 21.8 Å². The van der Waals surface area contributed by atoms with Gasteiger partial charge in [0.25, 0.3) is 0 Å². The lowest BCUT2D eigenvalue weighted by atomic mass is 10.1. The van der Waals surface area contributed by atoms with Gasteiger partial charge in [-0.25, -0.2) is 13.1 Å². The normalized spacial score (nSPS) is 12.9. The van der Waals surface area contributed by atoms with Crippen molar-refractivity contribution in [1.82, 2.24) is 14.5 Å². The van der Waals surface area contributed by atoms with Crippen LogP contribution in [-0.4, -0.2) is 35.7 Å². The number of aryl methyl sites for hydroxylation is 2. The summed E-state index contributed by atoms with van der Waals surface area (Å²) in [5.74, 6) is 1.04. The average Bonchev–Trinajstić information content (AvgIpc) is 2.51. The molecule has 0 bridgehead atoms. The second-order valence-corrected chi connectivity index (χ2v) is 8.53. The largest absolute Gasteiger partial charge is 0.268 e. The minimum Gasteiger partial charge on any atom is -0.268 e. The van der Waals surface area contributed by atoms with Crippen molar-refractivity contribution in [3.63, 3.8) is 0 Å². The lowest BCUT2D eigenvalue weighted by Crippen LogP contribution is -2.40. The summed E-state index contributed by atoms with van der Waals surface area (Å²) in [7, 11) is -3.53. The van der Waals surface area contributed by atoms with E-state index in [0.29, 0.717) is 16.3 Å². The molecule has 0 atom stereocenters. The Balaban J connectivity index is 3.07. The zero-order chi connectivity index (χ0) is 15.6. The van der Waals surface area contributed by atoms with Crippen LogP contribution in [0.3, 0.4) is 0 Å². The Bertz CT molecular complexity index is 557. The van der Waals surface area contributed by atoms with Crippen molar-refractivity contribution in [2.45, 2.75) is 58.0 Å². The molecule has 0 saturated carbocycles. The number of thioether (sulfide) groups is 1. The standard InChI is InChI=1S/C13H25N3O2S2/c1-10-12(20(17,18)15-13(3,4)5)11(2)16(14-10)8-7-9-19-6/h15H,7-9H2,1-6H3. The van der Waals surface area contributed by atoms with Gasteiger partial charge in [-0.3, -0.25) is 4.68 Å². The SMILES string of the molecule is CSCCCn1nc(C)c(S(=O)(=O)NC(C)(C)C)c1C. The molecule has 0 fully saturated rings. The molecule has 1 rings (SSSR count). The van der Waals surface area contributed by atoms with Gasteiger partial charge in [-0.15, -0.1) is 0 Å². The molecular formula is C13H25N3O2S2. The van der Waals surface area contributed by atoms with Gasteiger partial charge in [0.15, 0.2) is 0 Å². The number of sulfonamides is 1. The van der Waals surface area contributed by atoms with Crippen molar-refractivity contribution in [3.8, 4) is 0 Å². The molecule has 0 aliphatic carbocycles. The summed E-state index contributed by atoms with van der Waals surface area (Å²) in [4.78, 5) is 0.316. The highest BCUT2D eigenvalue weighted by Gasteiger charge is 2.28. The fourth-order valence-electron chi connectivity index (χ4n) is 2.10. The maximum atomic E-state index is 12.5. The molecule has 1 heterocycles. The van der Waals surface area contributed by atoms with Crippen LogP contribution < -0.4 is 4.72 Å². The molecule has 20 heavy (non-hydrogen) atoms. The minimum absolute atomic E-state index is 0.316. The van der Waals surface area contributed by atoms with Crippen molar-refractivity contribution in [1.29, 1.82) is 0 Å². The molecule has 0 aliphatic heterocycles. The van der Waals surface area contributed by atoms with Crippen LogP contribution in [0.4, 0.5) is 0 Å². The van der Waals surface area contributed by atoms with Gasteiger partial charge in [-0.05, 0) is 53.0 Å². The molecule has 0 aromatic carbocycles. The Hall–Kier alpha value is -0.530. The summed E-state index contributed by atoms with van der Waals surface area (Å²) < 4.78 is 29.4. The first kappa shape index (κ1) is 17.5. The molecule has 1 aromatic rings. The molecule has 0 unspecified atom stereocenters. The van der Waals surface area contributed by atoms with Crippen molar-refractivity contribution in [2.75, 3.05) is 12.0 Å². The Morgan fingerprint density at radius 2 is 1.90 bits per heavy atom. The molecule has 1 aromatic heterocycles. The van der Waals surface area contributed by atoms with Crippen LogP contribution >= 0.6 is 11.8 Å². The molecule has 116 valence electrons. The van der Waals surface area contributed by atoms with Gasteiger partial charge in [0.05, 0.1) is 11.4 Å². The van der Waals surface area contributed by atoms with Gasteiger partial charge >= 0.3 is 0 Å². The number of aromatic nitrogens is 2. The predicted octanol–water partition coefficient (Wildman–Crippen LogP) is 2.33. The van der Waals surface area contributed by atoms with Crippen molar-refractivity contribution in [3.05, 3.63) is 11.4 Å². The van der Waals surface area contributed by atoms with Crippen LogP contribution in [0.15, 0.2) is 4.90 Å². The lowest BCUT2D eigenvalue weighted by molar-refractivity contribution is 0.490. The molecular weight excluding hydrogens is 294 g/mol. The zero-order valence-corrected chi connectivity index (χ0v) is 14.8. The smallest absolute Gasteiger partial charge is 0.244 e. The first-order valence-corrected chi connectivity index (χ1v) is 9.53. The summed E-state index contributed by atoms with van der Waals surface area (Å²) in [6.45, 7) is 9.80. The molecule has 1 N–H and O–H groups in total. The average molecular weight is 319 g/mol. The summed E-state index contributed by atoms with van der Waals surface area (Å²) >= 11 is 1.78. The van der Waals surface area contributed by atoms with E-state index in [1.54, 1.807) is 23.4 Å². The highest BCUT2D eigenvalue weighted by molar-refractivity contribution is 7.98. The topological polar surface area (TPSA) is 64.0 Å². The molecule has 5 nitrogen and oxygen atoms in total. The second-order valence-electron chi connectivity index (χ2n) is 5.92. The van der Waals surface area contributed by atoms with Crippen molar-refractivity contribution in [2.24, 2.45) is 0 Å². The highest BCUT2D eigenvalue weighted by atomic mass is 32.2. The Kier molecular flexibility index (Phi) is 5.69. The van der Waals surface area contributed by atoms with E-state index in [1.165, 1.54) is 0 Å². The minimum atomic E-state index is -3.53. The molecule has 7 heteroatoms. The van der Waals surface area contributed by atoms with Crippen LogP contribution in [-0.2, 0) is 16.6 Å². The third kappa shape index (κ3) is 4.49. The summed E-state index contributed by atoms with van der Waals surface area (Å²) in [6, 6.07) is 0. The number of nitrogens with one attached hydrogen (secondary N) is 1. The van der Waals surface area contributed by atoms with E-state index in [-0.39, 0.29) is 0 Å². The molecule has 0 saturated heterocycles. The number of nitrogens with zero attached hydrogens (tertiary/aromatic N) is 2. The molecule has 0 amide bonds. The lowest BCUT2D eigenvalue weighted by Gasteiger charge is -2.20. The van der Waals surface area contributed by atoms with Crippen LogP contribution in [0.5, 0.6) is 0 Å². The molecule has 0 radical (unpaired) electrons. The van der Waals surface area contributed by atoms with Gasteiger partial charge in [-0.2, -0.15) is 16.9 Å². The van der Waals surface area contributed by atoms with E-state index >= 15 is 0 Å². The summed E-state index contributed by atoms with van der Waals surface area (Å²) in [5.41, 5.74) is 0.766. The number of hydrogen-bond acceptors (Lipinski definition) is 4. The first-order valence-electron chi connectivity index (χ1n) is 6.65. The fourth-order valence-corrected chi connectivity index (χ4v) is 4.35. The fraction of sp³-hybridized carbons (Fsp3) is 0.769. The van der Waals surface area contributed by atoms with Crippen LogP contribution in [0.2, 0.25) is 0 Å². The number of hydrogen-bond donors (Lipinski definition) is 1. The third-order valence-corrected chi connectivity index (χ3v) is 5.45. The Labute approximate surface area is 126 Å². The monoisotopic (exact) mass is 319 g/mol. The van der Waals surface area contributed by atoms with Gasteiger partial charge in [0.2, 0.25) is 10.0 Å². The van der Waals surface area contributed by atoms with E-state index in [9.17, 15) is 8.42 Å². The van der Waals surface area contributed by atoms with Crippen molar-refractivity contribution < 1.29 is 8.42 Å². The van der Waals surface area contributed by atoms with Crippen LogP contribution in [0.25, 0.3) is 0 Å². The number of rotatable bonds is 6. The quantitative estimate of drug-likeness (QED) is 0.817. The summed E-state index contributed by atoms with van der Waals surface area (Å²) in [5, 5.41) is 4.37. The third-order valence-electron chi connectivity index (χ3n) is 2.74. The van der Waals surface area contributed by atoms with E-state index in [1.807, 2.05) is 27.7 Å².